The largest absolute Gasteiger partial charge is 0.484 e. The number of rotatable bonds is 7. The smallest absolute Gasteiger partial charge is 0.276 e. The number of ether oxygens (including phenoxy) is 2. The van der Waals surface area contributed by atoms with Crippen molar-refractivity contribution in [1.82, 2.24) is 10.9 Å². The second-order valence-corrected chi connectivity index (χ2v) is 6.00. The third-order valence-corrected chi connectivity index (χ3v) is 3.58. The highest BCUT2D eigenvalue weighted by molar-refractivity contribution is 5.83. The first-order chi connectivity index (χ1) is 12.5. The highest BCUT2D eigenvalue weighted by atomic mass is 16.5. The molecule has 0 aromatic heterocycles. The third-order valence-electron chi connectivity index (χ3n) is 3.58. The average molecular weight is 356 g/mol. The summed E-state index contributed by atoms with van der Waals surface area (Å²) in [6.45, 7) is 5.57. The zero-order valence-corrected chi connectivity index (χ0v) is 15.3. The quantitative estimate of drug-likeness (QED) is 0.747. The standard InChI is InChI=1S/C20H24N2O4/c1-4-16-6-5-7-17(11-16)25-12-19(23)21-22-20(24)13-26-18-9-14(2)8-15(3)10-18/h5-11H,4,12-13H2,1-3H3,(H,21,23)(H,22,24). The highest BCUT2D eigenvalue weighted by Crippen LogP contribution is 2.16. The number of carbonyl (C=O) groups excluding carboxylic acids is 2. The molecule has 2 amide bonds. The first-order valence-electron chi connectivity index (χ1n) is 8.47. The molecule has 0 unspecified atom stereocenters. The molecule has 2 N–H and O–H groups in total. The zero-order chi connectivity index (χ0) is 18.9. The van der Waals surface area contributed by atoms with Crippen molar-refractivity contribution in [2.45, 2.75) is 27.2 Å². The normalized spacial score (nSPS) is 10.1. The van der Waals surface area contributed by atoms with Crippen LogP contribution in [0, 0.1) is 13.8 Å². The SMILES string of the molecule is CCc1cccc(OCC(=O)NNC(=O)COc2cc(C)cc(C)c2)c1. The van der Waals surface area contributed by atoms with Gasteiger partial charge >= 0.3 is 0 Å². The van der Waals surface area contributed by atoms with Crippen molar-refractivity contribution in [2.75, 3.05) is 13.2 Å². The molecule has 0 aliphatic carbocycles. The summed E-state index contributed by atoms with van der Waals surface area (Å²) in [7, 11) is 0. The van der Waals surface area contributed by atoms with Crippen molar-refractivity contribution < 1.29 is 19.1 Å². The molecule has 0 saturated carbocycles. The topological polar surface area (TPSA) is 76.7 Å². The van der Waals surface area contributed by atoms with E-state index in [0.717, 1.165) is 23.1 Å². The Hall–Kier alpha value is -3.02. The summed E-state index contributed by atoms with van der Waals surface area (Å²) in [4.78, 5) is 23.5. The molecule has 0 saturated heterocycles. The molecule has 0 radical (unpaired) electrons. The van der Waals surface area contributed by atoms with E-state index >= 15 is 0 Å². The van der Waals surface area contributed by atoms with Crippen LogP contribution in [0.2, 0.25) is 0 Å². The van der Waals surface area contributed by atoms with Crippen LogP contribution in [-0.2, 0) is 16.0 Å². The second-order valence-electron chi connectivity index (χ2n) is 6.00. The van der Waals surface area contributed by atoms with Gasteiger partial charge in [-0.15, -0.1) is 0 Å². The lowest BCUT2D eigenvalue weighted by Gasteiger charge is -2.11. The maximum Gasteiger partial charge on any atom is 0.276 e. The van der Waals surface area contributed by atoms with E-state index < -0.39 is 11.8 Å². The number of hydrazine groups is 1. The highest BCUT2D eigenvalue weighted by Gasteiger charge is 2.07. The molecule has 2 aromatic rings. The Kier molecular flexibility index (Phi) is 7.02. The van der Waals surface area contributed by atoms with Gasteiger partial charge in [0.1, 0.15) is 11.5 Å². The van der Waals surface area contributed by atoms with Crippen LogP contribution >= 0.6 is 0 Å². The van der Waals surface area contributed by atoms with Crippen molar-refractivity contribution in [1.29, 1.82) is 0 Å². The summed E-state index contributed by atoms with van der Waals surface area (Å²) in [6.07, 6.45) is 0.889. The zero-order valence-electron chi connectivity index (χ0n) is 15.3. The first-order valence-corrected chi connectivity index (χ1v) is 8.47. The van der Waals surface area contributed by atoms with Gasteiger partial charge in [0.15, 0.2) is 13.2 Å². The fourth-order valence-electron chi connectivity index (χ4n) is 2.38. The average Bonchev–Trinajstić information content (AvgIpc) is 2.62. The van der Waals surface area contributed by atoms with E-state index in [9.17, 15) is 9.59 Å². The molecule has 0 fully saturated rings. The molecule has 6 nitrogen and oxygen atoms in total. The van der Waals surface area contributed by atoms with Gasteiger partial charge in [-0.25, -0.2) is 0 Å². The van der Waals surface area contributed by atoms with Gasteiger partial charge in [-0.3, -0.25) is 20.4 Å². The van der Waals surface area contributed by atoms with Crippen molar-refractivity contribution in [3.8, 4) is 11.5 Å². The van der Waals surface area contributed by atoms with Gasteiger partial charge in [0.2, 0.25) is 0 Å². The summed E-state index contributed by atoms with van der Waals surface area (Å²) < 4.78 is 10.8. The van der Waals surface area contributed by atoms with E-state index in [-0.39, 0.29) is 13.2 Å². The molecule has 0 bridgehead atoms. The molecule has 0 aliphatic heterocycles. The van der Waals surface area contributed by atoms with E-state index in [1.165, 1.54) is 0 Å². The van der Waals surface area contributed by atoms with Crippen molar-refractivity contribution in [2.24, 2.45) is 0 Å². The summed E-state index contributed by atoms with van der Waals surface area (Å²) >= 11 is 0. The summed E-state index contributed by atoms with van der Waals surface area (Å²) in [5.74, 6) is 0.323. The number of hydrogen-bond donors (Lipinski definition) is 2. The number of carbonyl (C=O) groups is 2. The second kappa shape index (κ2) is 9.46. The molecular formula is C20H24N2O4. The molecule has 0 atom stereocenters. The minimum absolute atomic E-state index is 0.189. The minimum atomic E-state index is -0.453. The van der Waals surface area contributed by atoms with Gasteiger partial charge in [-0.2, -0.15) is 0 Å². The van der Waals surface area contributed by atoms with Crippen LogP contribution in [-0.4, -0.2) is 25.0 Å². The number of benzene rings is 2. The Morgan fingerprint density at radius 2 is 1.42 bits per heavy atom. The van der Waals surface area contributed by atoms with Crippen molar-refractivity contribution in [3.05, 3.63) is 59.2 Å². The van der Waals surface area contributed by atoms with Gasteiger partial charge in [0, 0.05) is 0 Å². The van der Waals surface area contributed by atoms with Crippen molar-refractivity contribution in [3.63, 3.8) is 0 Å². The predicted molar refractivity (Wildman–Crippen MR) is 99.0 cm³/mol. The number of hydrogen-bond acceptors (Lipinski definition) is 4. The molecule has 0 heterocycles. The van der Waals surface area contributed by atoms with Gasteiger partial charge in [-0.1, -0.05) is 25.1 Å². The van der Waals surface area contributed by atoms with Crippen LogP contribution in [0.15, 0.2) is 42.5 Å². The Labute approximate surface area is 153 Å². The van der Waals surface area contributed by atoms with Gasteiger partial charge in [-0.05, 0) is 61.2 Å². The van der Waals surface area contributed by atoms with E-state index in [2.05, 4.69) is 10.9 Å². The Balaban J connectivity index is 1.70. The number of nitrogens with one attached hydrogen (secondary N) is 2. The van der Waals surface area contributed by atoms with Crippen LogP contribution in [0.1, 0.15) is 23.6 Å². The number of aryl methyl sites for hydroxylation is 3. The third kappa shape index (κ3) is 6.47. The lowest BCUT2D eigenvalue weighted by Crippen LogP contribution is -2.45. The Morgan fingerprint density at radius 1 is 0.846 bits per heavy atom. The maximum absolute atomic E-state index is 11.8. The lowest BCUT2D eigenvalue weighted by molar-refractivity contribution is -0.131. The van der Waals surface area contributed by atoms with Crippen LogP contribution in [0.5, 0.6) is 11.5 Å². The molecule has 2 rings (SSSR count). The van der Waals surface area contributed by atoms with E-state index in [1.54, 1.807) is 6.07 Å². The van der Waals surface area contributed by atoms with Crippen LogP contribution in [0.25, 0.3) is 0 Å². The van der Waals surface area contributed by atoms with E-state index in [4.69, 9.17) is 9.47 Å². The van der Waals surface area contributed by atoms with E-state index in [0.29, 0.717) is 11.5 Å². The molecule has 6 heteroatoms. The Bertz CT molecular complexity index is 754. The van der Waals surface area contributed by atoms with Gasteiger partial charge in [0.05, 0.1) is 0 Å². The number of amides is 2. The summed E-state index contributed by atoms with van der Waals surface area (Å²) in [6, 6.07) is 13.2. The predicted octanol–water partition coefficient (Wildman–Crippen LogP) is 2.47. The van der Waals surface area contributed by atoms with Gasteiger partial charge < -0.3 is 9.47 Å². The van der Waals surface area contributed by atoms with Crippen LogP contribution < -0.4 is 20.3 Å². The summed E-state index contributed by atoms with van der Waals surface area (Å²) in [5.41, 5.74) is 7.83. The molecular weight excluding hydrogens is 332 g/mol. The first kappa shape index (κ1) is 19.3. The lowest BCUT2D eigenvalue weighted by atomic mass is 10.1. The van der Waals surface area contributed by atoms with Gasteiger partial charge in [0.25, 0.3) is 11.8 Å². The van der Waals surface area contributed by atoms with E-state index in [1.807, 2.05) is 57.2 Å². The fourth-order valence-corrected chi connectivity index (χ4v) is 2.38. The minimum Gasteiger partial charge on any atom is -0.484 e. The van der Waals surface area contributed by atoms with Crippen LogP contribution in [0.3, 0.4) is 0 Å². The molecule has 0 aliphatic rings. The Morgan fingerprint density at radius 3 is 2.00 bits per heavy atom. The molecule has 2 aromatic carbocycles. The summed E-state index contributed by atoms with van der Waals surface area (Å²) in [5, 5.41) is 0. The molecule has 26 heavy (non-hydrogen) atoms. The molecule has 0 spiro atoms. The fraction of sp³-hybridized carbons (Fsp3) is 0.300. The maximum atomic E-state index is 11.8. The molecule has 138 valence electrons. The monoisotopic (exact) mass is 356 g/mol. The van der Waals surface area contributed by atoms with Crippen LogP contribution in [0.4, 0.5) is 0 Å². The van der Waals surface area contributed by atoms with Crippen molar-refractivity contribution >= 4 is 11.8 Å².